The Bertz CT molecular complexity index is 544. The quantitative estimate of drug-likeness (QED) is 0.900. The first-order chi connectivity index (χ1) is 8.84. The third kappa shape index (κ3) is 2.15. The topological polar surface area (TPSA) is 37.8 Å². The van der Waals surface area contributed by atoms with Crippen molar-refractivity contribution in [1.29, 1.82) is 0 Å². The van der Waals surface area contributed by atoms with Gasteiger partial charge in [-0.3, -0.25) is 0 Å². The zero-order valence-corrected chi connectivity index (χ0v) is 10.2. The summed E-state index contributed by atoms with van der Waals surface area (Å²) in [6.45, 7) is 0.875. The van der Waals surface area contributed by atoms with E-state index in [2.05, 4.69) is 15.3 Å². The molecule has 1 aromatic heterocycles. The maximum absolute atomic E-state index is 13.8. The van der Waals surface area contributed by atoms with Gasteiger partial charge in [0.1, 0.15) is 18.0 Å². The van der Waals surface area contributed by atoms with E-state index in [1.54, 1.807) is 12.1 Å². The van der Waals surface area contributed by atoms with Crippen LogP contribution in [-0.2, 0) is 0 Å². The first kappa shape index (κ1) is 11.4. The molecule has 0 unspecified atom stereocenters. The van der Waals surface area contributed by atoms with Crippen LogP contribution in [0.1, 0.15) is 25.7 Å². The molecule has 1 N–H and O–H groups in total. The van der Waals surface area contributed by atoms with Crippen LogP contribution >= 0.6 is 0 Å². The van der Waals surface area contributed by atoms with Crippen LogP contribution in [0.5, 0.6) is 0 Å². The molecule has 0 amide bonds. The van der Waals surface area contributed by atoms with Crippen molar-refractivity contribution >= 4 is 16.7 Å². The van der Waals surface area contributed by atoms with Gasteiger partial charge in [0, 0.05) is 6.54 Å². The fourth-order valence-corrected chi connectivity index (χ4v) is 2.66. The third-order valence-corrected chi connectivity index (χ3v) is 3.65. The lowest BCUT2D eigenvalue weighted by Crippen LogP contribution is -2.12. The van der Waals surface area contributed by atoms with Crippen LogP contribution in [0.3, 0.4) is 0 Å². The van der Waals surface area contributed by atoms with Gasteiger partial charge in [-0.15, -0.1) is 0 Å². The summed E-state index contributed by atoms with van der Waals surface area (Å²) in [5.41, 5.74) is 0.652. The number of halogens is 1. The van der Waals surface area contributed by atoms with Gasteiger partial charge in [0.15, 0.2) is 0 Å². The van der Waals surface area contributed by atoms with E-state index in [1.165, 1.54) is 38.1 Å². The number of fused-ring (bicyclic) bond motifs is 1. The number of aromatic nitrogens is 2. The predicted molar refractivity (Wildman–Crippen MR) is 69.9 cm³/mol. The molecule has 1 heterocycles. The molecular weight excluding hydrogens is 229 g/mol. The Morgan fingerprint density at radius 2 is 2.06 bits per heavy atom. The Morgan fingerprint density at radius 3 is 2.89 bits per heavy atom. The van der Waals surface area contributed by atoms with E-state index in [4.69, 9.17) is 0 Å². The molecular formula is C14H16FN3. The van der Waals surface area contributed by atoms with Crippen LogP contribution in [0, 0.1) is 11.7 Å². The van der Waals surface area contributed by atoms with Gasteiger partial charge in [0.2, 0.25) is 0 Å². The van der Waals surface area contributed by atoms with Gasteiger partial charge in [0.05, 0.1) is 10.9 Å². The average molecular weight is 245 g/mol. The van der Waals surface area contributed by atoms with Gasteiger partial charge in [-0.1, -0.05) is 18.9 Å². The summed E-state index contributed by atoms with van der Waals surface area (Å²) in [6, 6.07) is 4.93. The Labute approximate surface area is 105 Å². The molecule has 0 atom stereocenters. The second-order valence-corrected chi connectivity index (χ2v) is 4.89. The molecule has 94 valence electrons. The molecule has 1 saturated carbocycles. The van der Waals surface area contributed by atoms with Crippen LogP contribution in [-0.4, -0.2) is 16.5 Å². The second-order valence-electron chi connectivity index (χ2n) is 4.89. The second kappa shape index (κ2) is 4.88. The first-order valence-corrected chi connectivity index (χ1v) is 6.47. The van der Waals surface area contributed by atoms with E-state index in [0.29, 0.717) is 22.6 Å². The summed E-state index contributed by atoms with van der Waals surface area (Å²) < 4.78 is 13.8. The van der Waals surface area contributed by atoms with Crippen molar-refractivity contribution in [3.63, 3.8) is 0 Å². The van der Waals surface area contributed by atoms with Gasteiger partial charge >= 0.3 is 0 Å². The van der Waals surface area contributed by atoms with E-state index in [1.807, 2.05) is 0 Å². The molecule has 1 aromatic carbocycles. The zero-order valence-electron chi connectivity index (χ0n) is 10.2. The van der Waals surface area contributed by atoms with E-state index in [-0.39, 0.29) is 5.82 Å². The fourth-order valence-electron chi connectivity index (χ4n) is 2.66. The summed E-state index contributed by atoms with van der Waals surface area (Å²) in [4.78, 5) is 8.26. The SMILES string of the molecule is Fc1cccc2ncnc(NCC3CCCC3)c12. The predicted octanol–water partition coefficient (Wildman–Crippen LogP) is 3.37. The molecule has 0 bridgehead atoms. The van der Waals surface area contributed by atoms with Crippen LogP contribution in [0.4, 0.5) is 10.2 Å². The van der Waals surface area contributed by atoms with Gasteiger partial charge in [0.25, 0.3) is 0 Å². The minimum absolute atomic E-state index is 0.262. The summed E-state index contributed by atoms with van der Waals surface area (Å²) in [6.07, 6.45) is 6.63. The molecule has 0 aliphatic heterocycles. The lowest BCUT2D eigenvalue weighted by molar-refractivity contribution is 0.578. The normalized spacial score (nSPS) is 16.3. The molecule has 3 rings (SSSR count). The van der Waals surface area contributed by atoms with Crippen molar-refractivity contribution in [2.75, 3.05) is 11.9 Å². The van der Waals surface area contributed by atoms with Gasteiger partial charge in [-0.05, 0) is 30.9 Å². The van der Waals surface area contributed by atoms with Gasteiger partial charge in [-0.25, -0.2) is 14.4 Å². The summed E-state index contributed by atoms with van der Waals surface area (Å²) in [5.74, 6) is 1.05. The number of nitrogens with zero attached hydrogens (tertiary/aromatic N) is 2. The Balaban J connectivity index is 1.86. The number of hydrogen-bond acceptors (Lipinski definition) is 3. The highest BCUT2D eigenvalue weighted by Gasteiger charge is 2.16. The number of nitrogens with one attached hydrogen (secondary N) is 1. The summed E-state index contributed by atoms with van der Waals surface area (Å²) in [7, 11) is 0. The molecule has 0 saturated heterocycles. The number of rotatable bonds is 3. The average Bonchev–Trinajstić information content (AvgIpc) is 2.89. The Hall–Kier alpha value is -1.71. The fraction of sp³-hybridized carbons (Fsp3) is 0.429. The zero-order chi connectivity index (χ0) is 12.4. The van der Waals surface area contributed by atoms with Gasteiger partial charge < -0.3 is 5.32 Å². The lowest BCUT2D eigenvalue weighted by atomic mass is 10.1. The summed E-state index contributed by atoms with van der Waals surface area (Å²) >= 11 is 0. The maximum atomic E-state index is 13.8. The van der Waals surface area contributed by atoms with Crippen LogP contribution in [0.15, 0.2) is 24.5 Å². The number of hydrogen-bond donors (Lipinski definition) is 1. The van der Waals surface area contributed by atoms with Crippen LogP contribution < -0.4 is 5.32 Å². The summed E-state index contributed by atoms with van der Waals surface area (Å²) in [5, 5.41) is 3.78. The molecule has 2 aromatic rings. The molecule has 1 aliphatic rings. The molecule has 0 radical (unpaired) electrons. The van der Waals surface area contributed by atoms with Crippen molar-refractivity contribution in [3.05, 3.63) is 30.3 Å². The smallest absolute Gasteiger partial charge is 0.140 e. The first-order valence-electron chi connectivity index (χ1n) is 6.47. The molecule has 1 fully saturated rings. The number of anilines is 1. The molecule has 1 aliphatic carbocycles. The van der Waals surface area contributed by atoms with E-state index >= 15 is 0 Å². The third-order valence-electron chi connectivity index (χ3n) is 3.65. The van der Waals surface area contributed by atoms with Crippen molar-refractivity contribution in [1.82, 2.24) is 9.97 Å². The highest BCUT2D eigenvalue weighted by Crippen LogP contribution is 2.26. The largest absolute Gasteiger partial charge is 0.369 e. The highest BCUT2D eigenvalue weighted by atomic mass is 19.1. The van der Waals surface area contributed by atoms with E-state index in [0.717, 1.165) is 6.54 Å². The van der Waals surface area contributed by atoms with Crippen LogP contribution in [0.25, 0.3) is 10.9 Å². The minimum Gasteiger partial charge on any atom is -0.369 e. The molecule has 18 heavy (non-hydrogen) atoms. The van der Waals surface area contributed by atoms with Crippen molar-refractivity contribution in [2.24, 2.45) is 5.92 Å². The van der Waals surface area contributed by atoms with Crippen molar-refractivity contribution < 1.29 is 4.39 Å². The highest BCUT2D eigenvalue weighted by molar-refractivity contribution is 5.89. The molecule has 4 heteroatoms. The minimum atomic E-state index is -0.262. The Morgan fingerprint density at radius 1 is 1.22 bits per heavy atom. The van der Waals surface area contributed by atoms with Gasteiger partial charge in [-0.2, -0.15) is 0 Å². The maximum Gasteiger partial charge on any atom is 0.140 e. The number of benzene rings is 1. The van der Waals surface area contributed by atoms with Crippen molar-refractivity contribution in [3.8, 4) is 0 Å². The Kier molecular flexibility index (Phi) is 3.09. The van der Waals surface area contributed by atoms with E-state index < -0.39 is 0 Å². The molecule has 0 spiro atoms. The van der Waals surface area contributed by atoms with Crippen LogP contribution in [0.2, 0.25) is 0 Å². The lowest BCUT2D eigenvalue weighted by Gasteiger charge is -2.12. The molecule has 3 nitrogen and oxygen atoms in total. The van der Waals surface area contributed by atoms with Crippen molar-refractivity contribution in [2.45, 2.75) is 25.7 Å². The monoisotopic (exact) mass is 245 g/mol. The standard InChI is InChI=1S/C14H16FN3/c15-11-6-3-7-12-13(11)14(18-9-17-12)16-8-10-4-1-2-5-10/h3,6-7,9-10H,1-2,4-5,8H2,(H,16,17,18). The van der Waals surface area contributed by atoms with E-state index in [9.17, 15) is 4.39 Å².